The number of aryl methyl sites for hydroxylation is 3. The summed E-state index contributed by atoms with van der Waals surface area (Å²) < 4.78 is 1.84. The molecule has 0 amide bonds. The molecule has 0 fully saturated rings. The molecule has 0 radical (unpaired) electrons. The number of benzene rings is 2. The average molecular weight is 409 g/mol. The summed E-state index contributed by atoms with van der Waals surface area (Å²) in [4.78, 5) is 9.29. The van der Waals surface area contributed by atoms with Crippen LogP contribution >= 0.6 is 23.4 Å². The Labute approximate surface area is 174 Å². The molecule has 2 aromatic carbocycles. The van der Waals surface area contributed by atoms with Gasteiger partial charge in [-0.1, -0.05) is 71.4 Å². The van der Waals surface area contributed by atoms with E-state index in [0.29, 0.717) is 5.78 Å². The molecule has 0 N–H and O–H groups in total. The Kier molecular flexibility index (Phi) is 5.38. The fraction of sp³-hybridized carbons (Fsp3) is 0.227. The summed E-state index contributed by atoms with van der Waals surface area (Å²) in [6, 6.07) is 16.5. The molecule has 142 valence electrons. The standard InChI is InChI=1S/C22H21ClN4S/c1-14-8-10-17(11-9-14)13-28-22-25-21-24-15(2)19(16(3)27(21)26-22)12-18-6-4-5-7-20(18)23/h4-11H,12-13H2,1-3H3. The summed E-state index contributed by atoms with van der Waals surface area (Å²) in [5.41, 5.74) is 6.77. The van der Waals surface area contributed by atoms with Crippen LogP contribution in [0.2, 0.25) is 5.02 Å². The topological polar surface area (TPSA) is 43.1 Å². The van der Waals surface area contributed by atoms with Crippen molar-refractivity contribution in [3.05, 3.63) is 87.2 Å². The van der Waals surface area contributed by atoms with Crippen LogP contribution in [0.5, 0.6) is 0 Å². The van der Waals surface area contributed by atoms with Crippen LogP contribution in [-0.4, -0.2) is 19.6 Å². The third-order valence-corrected chi connectivity index (χ3v) is 6.12. The van der Waals surface area contributed by atoms with Crippen molar-refractivity contribution in [1.29, 1.82) is 0 Å². The number of fused-ring (bicyclic) bond motifs is 1. The summed E-state index contributed by atoms with van der Waals surface area (Å²) in [7, 11) is 0. The molecule has 4 aromatic rings. The number of nitrogens with zero attached hydrogens (tertiary/aromatic N) is 4. The Hall–Kier alpha value is -2.37. The number of rotatable bonds is 5. The fourth-order valence-corrected chi connectivity index (χ4v) is 4.15. The lowest BCUT2D eigenvalue weighted by atomic mass is 10.0. The molecule has 4 nitrogen and oxygen atoms in total. The van der Waals surface area contributed by atoms with E-state index in [1.165, 1.54) is 11.1 Å². The van der Waals surface area contributed by atoms with E-state index >= 15 is 0 Å². The molecule has 4 rings (SSSR count). The Morgan fingerprint density at radius 1 is 0.964 bits per heavy atom. The molecule has 0 saturated heterocycles. The summed E-state index contributed by atoms with van der Waals surface area (Å²) >= 11 is 7.98. The van der Waals surface area contributed by atoms with Gasteiger partial charge in [0.05, 0.1) is 0 Å². The van der Waals surface area contributed by atoms with Gasteiger partial charge in [0.25, 0.3) is 5.78 Å². The molecule has 0 saturated carbocycles. The van der Waals surface area contributed by atoms with Crippen molar-refractivity contribution >= 4 is 29.1 Å². The Morgan fingerprint density at radius 3 is 2.46 bits per heavy atom. The van der Waals surface area contributed by atoms with Crippen LogP contribution in [0.1, 0.15) is 33.6 Å². The molecule has 0 aliphatic carbocycles. The zero-order valence-electron chi connectivity index (χ0n) is 16.1. The van der Waals surface area contributed by atoms with Gasteiger partial charge in [-0.25, -0.2) is 9.50 Å². The van der Waals surface area contributed by atoms with E-state index in [4.69, 9.17) is 11.6 Å². The average Bonchev–Trinajstić information content (AvgIpc) is 3.09. The third kappa shape index (κ3) is 3.91. The van der Waals surface area contributed by atoms with E-state index in [-0.39, 0.29) is 0 Å². The first-order valence-electron chi connectivity index (χ1n) is 9.16. The SMILES string of the molecule is Cc1ccc(CSc2nc3nc(C)c(Cc4ccccc4Cl)c(C)n3n2)cc1. The van der Waals surface area contributed by atoms with E-state index in [2.05, 4.69) is 59.2 Å². The lowest BCUT2D eigenvalue weighted by molar-refractivity contribution is 0.823. The van der Waals surface area contributed by atoms with Gasteiger partial charge in [-0.05, 0) is 43.5 Å². The molecule has 0 spiro atoms. The Balaban J connectivity index is 1.61. The van der Waals surface area contributed by atoms with E-state index in [0.717, 1.165) is 44.9 Å². The highest BCUT2D eigenvalue weighted by atomic mass is 35.5. The zero-order valence-corrected chi connectivity index (χ0v) is 17.7. The maximum absolute atomic E-state index is 6.35. The van der Waals surface area contributed by atoms with Gasteiger partial charge in [0.15, 0.2) is 0 Å². The second-order valence-electron chi connectivity index (χ2n) is 6.91. The smallest absolute Gasteiger partial charge is 0.216 e. The van der Waals surface area contributed by atoms with Crippen LogP contribution in [-0.2, 0) is 12.2 Å². The van der Waals surface area contributed by atoms with Crippen LogP contribution < -0.4 is 0 Å². The van der Waals surface area contributed by atoms with Crippen molar-refractivity contribution in [2.45, 2.75) is 38.1 Å². The number of thioether (sulfide) groups is 1. The largest absolute Gasteiger partial charge is 0.253 e. The number of halogens is 1. The number of hydrogen-bond donors (Lipinski definition) is 0. The Bertz CT molecular complexity index is 1140. The van der Waals surface area contributed by atoms with E-state index < -0.39 is 0 Å². The van der Waals surface area contributed by atoms with Gasteiger partial charge in [0.1, 0.15) is 0 Å². The number of aromatic nitrogens is 4. The van der Waals surface area contributed by atoms with Gasteiger partial charge in [-0.2, -0.15) is 4.98 Å². The van der Waals surface area contributed by atoms with Gasteiger partial charge in [0, 0.05) is 28.6 Å². The fourth-order valence-electron chi connectivity index (χ4n) is 3.17. The monoisotopic (exact) mass is 408 g/mol. The normalized spacial score (nSPS) is 11.3. The van der Waals surface area contributed by atoms with Crippen molar-refractivity contribution in [3.63, 3.8) is 0 Å². The van der Waals surface area contributed by atoms with Crippen molar-refractivity contribution in [3.8, 4) is 0 Å². The molecule has 2 aromatic heterocycles. The summed E-state index contributed by atoms with van der Waals surface area (Å²) in [5.74, 6) is 1.48. The lowest BCUT2D eigenvalue weighted by Gasteiger charge is -2.11. The quantitative estimate of drug-likeness (QED) is 0.404. The molecule has 2 heterocycles. The highest BCUT2D eigenvalue weighted by molar-refractivity contribution is 7.98. The predicted octanol–water partition coefficient (Wildman–Crippen LogP) is 5.59. The molecule has 0 atom stereocenters. The maximum atomic E-state index is 6.35. The second kappa shape index (κ2) is 7.94. The lowest BCUT2D eigenvalue weighted by Crippen LogP contribution is -2.06. The molecule has 0 bridgehead atoms. The molecule has 0 unspecified atom stereocenters. The predicted molar refractivity (Wildman–Crippen MR) is 115 cm³/mol. The summed E-state index contributed by atoms with van der Waals surface area (Å²) in [5, 5.41) is 6.20. The van der Waals surface area contributed by atoms with Crippen molar-refractivity contribution in [1.82, 2.24) is 19.6 Å². The molecular weight excluding hydrogens is 388 g/mol. The van der Waals surface area contributed by atoms with Crippen molar-refractivity contribution in [2.24, 2.45) is 0 Å². The maximum Gasteiger partial charge on any atom is 0.253 e. The zero-order chi connectivity index (χ0) is 19.7. The first-order chi connectivity index (χ1) is 13.5. The first-order valence-corrected chi connectivity index (χ1v) is 10.5. The van der Waals surface area contributed by atoms with Gasteiger partial charge in [0.2, 0.25) is 5.16 Å². The van der Waals surface area contributed by atoms with Gasteiger partial charge in [-0.15, -0.1) is 5.10 Å². The van der Waals surface area contributed by atoms with Crippen LogP contribution in [0.3, 0.4) is 0 Å². The Morgan fingerprint density at radius 2 is 1.71 bits per heavy atom. The minimum absolute atomic E-state index is 0.643. The highest BCUT2D eigenvalue weighted by Crippen LogP contribution is 2.25. The van der Waals surface area contributed by atoms with Gasteiger partial charge < -0.3 is 0 Å². The van der Waals surface area contributed by atoms with Crippen LogP contribution in [0.15, 0.2) is 53.7 Å². The molecule has 6 heteroatoms. The van der Waals surface area contributed by atoms with Crippen LogP contribution in [0, 0.1) is 20.8 Å². The van der Waals surface area contributed by atoms with Crippen molar-refractivity contribution < 1.29 is 0 Å². The summed E-state index contributed by atoms with van der Waals surface area (Å²) in [6.07, 6.45) is 0.728. The number of hydrogen-bond acceptors (Lipinski definition) is 4. The van der Waals surface area contributed by atoms with Gasteiger partial charge >= 0.3 is 0 Å². The van der Waals surface area contributed by atoms with E-state index in [1.54, 1.807) is 11.8 Å². The molecular formula is C22H21ClN4S. The third-order valence-electron chi connectivity index (χ3n) is 4.84. The molecule has 0 aliphatic rings. The molecule has 0 aliphatic heterocycles. The van der Waals surface area contributed by atoms with Crippen LogP contribution in [0.4, 0.5) is 0 Å². The van der Waals surface area contributed by atoms with E-state index in [1.807, 2.05) is 29.6 Å². The minimum Gasteiger partial charge on any atom is -0.216 e. The highest BCUT2D eigenvalue weighted by Gasteiger charge is 2.15. The first kappa shape index (κ1) is 19.0. The molecule has 28 heavy (non-hydrogen) atoms. The summed E-state index contributed by atoms with van der Waals surface area (Å²) in [6.45, 7) is 6.18. The van der Waals surface area contributed by atoms with E-state index in [9.17, 15) is 0 Å². The van der Waals surface area contributed by atoms with Crippen LogP contribution in [0.25, 0.3) is 5.78 Å². The van der Waals surface area contributed by atoms with Crippen molar-refractivity contribution in [2.75, 3.05) is 0 Å². The minimum atomic E-state index is 0.643. The second-order valence-corrected chi connectivity index (χ2v) is 8.26. The van der Waals surface area contributed by atoms with Gasteiger partial charge in [-0.3, -0.25) is 0 Å².